The molecular formula is C11H7Cl2NO5. The molecule has 1 aromatic carbocycles. The smallest absolute Gasteiger partial charge is 0.411 e. The minimum Gasteiger partial charge on any atom is -0.502 e. The van der Waals surface area contributed by atoms with E-state index in [2.05, 4.69) is 0 Å². The van der Waals surface area contributed by atoms with Gasteiger partial charge < -0.3 is 19.7 Å². The van der Waals surface area contributed by atoms with Gasteiger partial charge in [0, 0.05) is 10.6 Å². The van der Waals surface area contributed by atoms with E-state index in [-0.39, 0.29) is 16.3 Å². The van der Waals surface area contributed by atoms with E-state index in [4.69, 9.17) is 32.7 Å². The molecule has 0 fully saturated rings. The lowest BCUT2D eigenvalue weighted by atomic mass is 10.1. The first kappa shape index (κ1) is 13.4. The van der Waals surface area contributed by atoms with Crippen molar-refractivity contribution in [3.8, 4) is 22.8 Å². The highest BCUT2D eigenvalue weighted by molar-refractivity contribution is 6.35. The molecule has 6 nitrogen and oxygen atoms in total. The number of carboxylic acid groups (broad SMARTS) is 1. The van der Waals surface area contributed by atoms with Crippen LogP contribution in [0.2, 0.25) is 10.0 Å². The van der Waals surface area contributed by atoms with E-state index in [1.807, 2.05) is 0 Å². The minimum atomic E-state index is -1.45. The summed E-state index contributed by atoms with van der Waals surface area (Å²) in [5.41, 5.74) is 0.223. The van der Waals surface area contributed by atoms with Crippen LogP contribution in [0.25, 0.3) is 11.3 Å². The number of benzene rings is 1. The molecule has 0 saturated carbocycles. The van der Waals surface area contributed by atoms with Crippen molar-refractivity contribution in [2.75, 3.05) is 5.32 Å². The van der Waals surface area contributed by atoms with Crippen molar-refractivity contribution >= 4 is 35.2 Å². The van der Waals surface area contributed by atoms with Crippen LogP contribution in [0.4, 0.5) is 10.7 Å². The number of hydrogen-bond donors (Lipinski definition) is 4. The van der Waals surface area contributed by atoms with E-state index in [0.29, 0.717) is 5.02 Å². The summed E-state index contributed by atoms with van der Waals surface area (Å²) in [5.74, 6) is -2.05. The molecule has 100 valence electrons. The third kappa shape index (κ3) is 2.54. The third-order valence-electron chi connectivity index (χ3n) is 2.25. The van der Waals surface area contributed by atoms with Crippen LogP contribution in [0.3, 0.4) is 0 Å². The zero-order chi connectivity index (χ0) is 14.2. The summed E-state index contributed by atoms with van der Waals surface area (Å²) >= 11 is 11.7. The molecule has 1 heterocycles. The molecule has 0 aliphatic carbocycles. The standard InChI is InChI=1S/C11H7Cl2NO5/c12-4-1-2-6(13)5(3-4)9-7(15)8(16)10(19-9)14-11(17)18/h1-3,14-16H,(H,17,18). The highest BCUT2D eigenvalue weighted by Gasteiger charge is 2.23. The zero-order valence-corrected chi connectivity index (χ0v) is 10.7. The second-order valence-electron chi connectivity index (χ2n) is 3.51. The predicted octanol–water partition coefficient (Wildman–Crippen LogP) is 3.75. The molecule has 0 aliphatic heterocycles. The van der Waals surface area contributed by atoms with Crippen LogP contribution in [-0.4, -0.2) is 21.4 Å². The van der Waals surface area contributed by atoms with Gasteiger partial charge in [-0.2, -0.15) is 0 Å². The Bertz CT molecular complexity index is 653. The van der Waals surface area contributed by atoms with Crippen molar-refractivity contribution in [2.45, 2.75) is 0 Å². The number of rotatable bonds is 2. The Morgan fingerprint density at radius 1 is 1.21 bits per heavy atom. The zero-order valence-electron chi connectivity index (χ0n) is 9.15. The number of nitrogens with one attached hydrogen (secondary N) is 1. The second kappa shape index (κ2) is 4.91. The monoisotopic (exact) mass is 303 g/mol. The molecule has 0 radical (unpaired) electrons. The van der Waals surface area contributed by atoms with Gasteiger partial charge in [0.15, 0.2) is 5.76 Å². The first-order valence-corrected chi connectivity index (χ1v) is 5.66. The maximum atomic E-state index is 10.5. The lowest BCUT2D eigenvalue weighted by molar-refractivity contribution is 0.209. The first-order chi connectivity index (χ1) is 8.90. The Morgan fingerprint density at radius 2 is 1.89 bits per heavy atom. The molecule has 0 saturated heterocycles. The van der Waals surface area contributed by atoms with E-state index in [0.717, 1.165) is 0 Å². The summed E-state index contributed by atoms with van der Waals surface area (Å²) in [6.07, 6.45) is -1.45. The first-order valence-electron chi connectivity index (χ1n) is 4.90. The number of amides is 1. The Hall–Kier alpha value is -2.05. The molecule has 1 amide bonds. The van der Waals surface area contributed by atoms with Crippen molar-refractivity contribution in [1.82, 2.24) is 0 Å². The Labute approximate surface area is 116 Å². The maximum Gasteiger partial charge on any atom is 0.411 e. The lowest BCUT2D eigenvalue weighted by Gasteiger charge is -2.01. The summed E-state index contributed by atoms with van der Waals surface area (Å²) in [5, 5.41) is 30.2. The van der Waals surface area contributed by atoms with Gasteiger partial charge in [-0.3, -0.25) is 5.32 Å². The van der Waals surface area contributed by atoms with Gasteiger partial charge in [0.05, 0.1) is 5.02 Å². The van der Waals surface area contributed by atoms with E-state index < -0.39 is 23.5 Å². The average Bonchev–Trinajstić information content (AvgIpc) is 2.60. The molecule has 2 aromatic rings. The van der Waals surface area contributed by atoms with Crippen molar-refractivity contribution in [3.63, 3.8) is 0 Å². The van der Waals surface area contributed by atoms with Gasteiger partial charge in [0.25, 0.3) is 0 Å². The minimum absolute atomic E-state index is 0.186. The molecule has 19 heavy (non-hydrogen) atoms. The summed E-state index contributed by atoms with van der Waals surface area (Å²) in [6, 6.07) is 4.42. The quantitative estimate of drug-likeness (QED) is 0.676. The molecule has 0 unspecified atom stereocenters. The SMILES string of the molecule is O=C(O)Nc1oc(-c2cc(Cl)ccc2Cl)c(O)c1O. The summed E-state index contributed by atoms with van der Waals surface area (Å²) < 4.78 is 5.04. The van der Waals surface area contributed by atoms with Crippen LogP contribution < -0.4 is 5.32 Å². The van der Waals surface area contributed by atoms with Crippen LogP contribution in [0.1, 0.15) is 0 Å². The van der Waals surface area contributed by atoms with Gasteiger partial charge in [-0.05, 0) is 18.2 Å². The highest BCUT2D eigenvalue weighted by atomic mass is 35.5. The molecule has 4 N–H and O–H groups in total. The van der Waals surface area contributed by atoms with Crippen LogP contribution in [0.5, 0.6) is 11.5 Å². The van der Waals surface area contributed by atoms with E-state index >= 15 is 0 Å². The van der Waals surface area contributed by atoms with E-state index in [1.165, 1.54) is 18.2 Å². The fourth-order valence-corrected chi connectivity index (χ4v) is 1.83. The van der Waals surface area contributed by atoms with Crippen LogP contribution in [0.15, 0.2) is 22.6 Å². The maximum absolute atomic E-state index is 10.5. The molecule has 0 bridgehead atoms. The number of hydrogen-bond acceptors (Lipinski definition) is 4. The normalized spacial score (nSPS) is 10.4. The fraction of sp³-hybridized carbons (Fsp3) is 0. The largest absolute Gasteiger partial charge is 0.502 e. The molecular weight excluding hydrogens is 297 g/mol. The third-order valence-corrected chi connectivity index (χ3v) is 2.82. The number of aromatic hydroxyl groups is 2. The van der Waals surface area contributed by atoms with Crippen molar-refractivity contribution < 1.29 is 24.5 Å². The van der Waals surface area contributed by atoms with Crippen LogP contribution >= 0.6 is 23.2 Å². The number of halogens is 2. The van der Waals surface area contributed by atoms with Crippen molar-refractivity contribution in [3.05, 3.63) is 28.2 Å². The van der Waals surface area contributed by atoms with Crippen molar-refractivity contribution in [2.24, 2.45) is 0 Å². The highest BCUT2D eigenvalue weighted by Crippen LogP contribution is 2.47. The number of carbonyl (C=O) groups is 1. The average molecular weight is 304 g/mol. The summed E-state index contributed by atoms with van der Waals surface area (Å²) in [7, 11) is 0. The molecule has 0 aliphatic rings. The summed E-state index contributed by atoms with van der Waals surface area (Å²) in [4.78, 5) is 10.5. The summed E-state index contributed by atoms with van der Waals surface area (Å²) in [6.45, 7) is 0. The van der Waals surface area contributed by atoms with Crippen molar-refractivity contribution in [1.29, 1.82) is 0 Å². The van der Waals surface area contributed by atoms with Gasteiger partial charge in [-0.15, -0.1) is 0 Å². The van der Waals surface area contributed by atoms with E-state index in [9.17, 15) is 15.0 Å². The van der Waals surface area contributed by atoms with Gasteiger partial charge >= 0.3 is 6.09 Å². The molecule has 2 rings (SSSR count). The molecule has 0 spiro atoms. The van der Waals surface area contributed by atoms with Crippen LogP contribution in [0, 0.1) is 0 Å². The Kier molecular flexibility index (Phi) is 3.46. The topological polar surface area (TPSA) is 103 Å². The van der Waals surface area contributed by atoms with Gasteiger partial charge in [0.2, 0.25) is 17.4 Å². The van der Waals surface area contributed by atoms with Crippen LogP contribution in [-0.2, 0) is 0 Å². The van der Waals surface area contributed by atoms with Gasteiger partial charge in [0.1, 0.15) is 0 Å². The van der Waals surface area contributed by atoms with E-state index in [1.54, 1.807) is 5.32 Å². The lowest BCUT2D eigenvalue weighted by Crippen LogP contribution is -2.06. The second-order valence-corrected chi connectivity index (χ2v) is 4.36. The van der Waals surface area contributed by atoms with Gasteiger partial charge in [-0.1, -0.05) is 23.2 Å². The van der Waals surface area contributed by atoms with Gasteiger partial charge in [-0.25, -0.2) is 4.79 Å². The fourth-order valence-electron chi connectivity index (χ4n) is 1.45. The molecule has 0 atom stereocenters. The number of anilines is 1. The molecule has 8 heteroatoms. The predicted molar refractivity (Wildman–Crippen MR) is 69.1 cm³/mol. The molecule has 1 aromatic heterocycles. The Morgan fingerprint density at radius 3 is 2.53 bits per heavy atom. The Balaban J connectivity index is 2.57. The number of furan rings is 1.